The lowest BCUT2D eigenvalue weighted by Gasteiger charge is -2.28. The molecule has 1 aliphatic heterocycles. The van der Waals surface area contributed by atoms with Crippen molar-refractivity contribution in [3.05, 3.63) is 29.8 Å². The van der Waals surface area contributed by atoms with Crippen LogP contribution in [-0.4, -0.2) is 44.3 Å². The summed E-state index contributed by atoms with van der Waals surface area (Å²) in [7, 11) is -3.45. The van der Waals surface area contributed by atoms with E-state index in [1.54, 1.807) is 24.3 Å². The molecule has 0 aliphatic carbocycles. The number of benzene rings is 1. The summed E-state index contributed by atoms with van der Waals surface area (Å²) < 4.78 is 26.5. The van der Waals surface area contributed by atoms with Crippen LogP contribution in [0.1, 0.15) is 52.1 Å². The molecule has 8 heteroatoms. The van der Waals surface area contributed by atoms with Gasteiger partial charge in [0.2, 0.25) is 15.9 Å². The Kier molecular flexibility index (Phi) is 9.21. The summed E-state index contributed by atoms with van der Waals surface area (Å²) in [6.45, 7) is 9.44. The van der Waals surface area contributed by atoms with Crippen LogP contribution in [0.3, 0.4) is 0 Å². The van der Waals surface area contributed by atoms with Gasteiger partial charge in [0.15, 0.2) is 0 Å². The van der Waals surface area contributed by atoms with Crippen LogP contribution in [0.4, 0.5) is 0 Å². The van der Waals surface area contributed by atoms with Crippen LogP contribution in [0.25, 0.3) is 0 Å². The lowest BCUT2D eigenvalue weighted by atomic mass is 9.92. The number of carbonyl (C=O) groups is 1. The predicted molar refractivity (Wildman–Crippen MR) is 111 cm³/mol. The number of sulfonamides is 1. The summed E-state index contributed by atoms with van der Waals surface area (Å²) in [5, 5.41) is 6.41. The first-order valence-corrected chi connectivity index (χ1v) is 10.9. The number of nitrogens with one attached hydrogen (secondary N) is 2. The van der Waals surface area contributed by atoms with Crippen molar-refractivity contribution in [2.45, 2.75) is 57.5 Å². The van der Waals surface area contributed by atoms with Crippen molar-refractivity contribution >= 4 is 28.3 Å². The molecule has 0 radical (unpaired) electrons. The van der Waals surface area contributed by atoms with E-state index in [0.29, 0.717) is 19.1 Å². The molecule has 1 aliphatic rings. The molecule has 2 N–H and O–H groups in total. The minimum absolute atomic E-state index is 0. The maximum absolute atomic E-state index is 12.5. The van der Waals surface area contributed by atoms with E-state index in [9.17, 15) is 13.2 Å². The van der Waals surface area contributed by atoms with Crippen molar-refractivity contribution in [2.75, 3.05) is 19.6 Å². The molecule has 6 nitrogen and oxygen atoms in total. The summed E-state index contributed by atoms with van der Waals surface area (Å²) in [6, 6.07) is 7.02. The van der Waals surface area contributed by atoms with Crippen LogP contribution in [-0.2, 0) is 14.8 Å². The molecule has 1 amide bonds. The molecule has 154 valence electrons. The molecule has 2 rings (SSSR count). The Morgan fingerprint density at radius 1 is 1.26 bits per heavy atom. The standard InChI is InChI=1S/C19H31N3O3S.ClH/c1-5-22(6-2)26(24,25)18-9-7-16(8-10-18)15(4)21-19(23)17-11-12-20-14(3)13-17;/h7-10,14-15,17,20H,5-6,11-13H2,1-4H3,(H,21,23);1H/t14-,15?,17-;/m0./s1. The normalized spacial score (nSPS) is 21.4. The van der Waals surface area contributed by atoms with Crippen LogP contribution in [0.2, 0.25) is 0 Å². The van der Waals surface area contributed by atoms with E-state index >= 15 is 0 Å². The number of nitrogens with zero attached hydrogens (tertiary/aromatic N) is 1. The van der Waals surface area contributed by atoms with Gasteiger partial charge in [-0.2, -0.15) is 4.31 Å². The van der Waals surface area contributed by atoms with Crippen molar-refractivity contribution in [1.82, 2.24) is 14.9 Å². The molecule has 0 aromatic heterocycles. The summed E-state index contributed by atoms with van der Waals surface area (Å²) >= 11 is 0. The number of hydrogen-bond acceptors (Lipinski definition) is 4. The van der Waals surface area contributed by atoms with E-state index in [-0.39, 0.29) is 35.2 Å². The fourth-order valence-electron chi connectivity index (χ4n) is 3.43. The van der Waals surface area contributed by atoms with Gasteiger partial charge in [-0.3, -0.25) is 4.79 Å². The number of amides is 1. The fraction of sp³-hybridized carbons (Fsp3) is 0.632. The zero-order valence-electron chi connectivity index (χ0n) is 16.6. The van der Waals surface area contributed by atoms with E-state index in [2.05, 4.69) is 17.6 Å². The molecule has 27 heavy (non-hydrogen) atoms. The average Bonchev–Trinajstić information content (AvgIpc) is 2.62. The number of carbonyl (C=O) groups excluding carboxylic acids is 1. The maximum Gasteiger partial charge on any atom is 0.243 e. The Balaban J connectivity index is 0.00000364. The SMILES string of the molecule is CCN(CC)S(=O)(=O)c1ccc(C(C)NC(=O)[C@H]2CCN[C@@H](C)C2)cc1.Cl. The van der Waals surface area contributed by atoms with Crippen molar-refractivity contribution in [3.8, 4) is 0 Å². The summed E-state index contributed by atoms with van der Waals surface area (Å²) in [6.07, 6.45) is 1.70. The van der Waals surface area contributed by atoms with Crippen LogP contribution >= 0.6 is 12.4 Å². The highest BCUT2D eigenvalue weighted by Gasteiger charge is 2.26. The van der Waals surface area contributed by atoms with Gasteiger partial charge in [-0.1, -0.05) is 26.0 Å². The van der Waals surface area contributed by atoms with Crippen molar-refractivity contribution in [2.24, 2.45) is 5.92 Å². The Morgan fingerprint density at radius 3 is 2.37 bits per heavy atom. The Hall–Kier alpha value is -1.15. The van der Waals surface area contributed by atoms with Crippen LogP contribution < -0.4 is 10.6 Å². The van der Waals surface area contributed by atoms with Gasteiger partial charge < -0.3 is 10.6 Å². The van der Waals surface area contributed by atoms with Gasteiger partial charge in [-0.05, 0) is 50.9 Å². The summed E-state index contributed by atoms with van der Waals surface area (Å²) in [4.78, 5) is 12.8. The lowest BCUT2D eigenvalue weighted by Crippen LogP contribution is -2.42. The van der Waals surface area contributed by atoms with Gasteiger partial charge in [-0.15, -0.1) is 12.4 Å². The van der Waals surface area contributed by atoms with E-state index < -0.39 is 10.0 Å². The van der Waals surface area contributed by atoms with E-state index in [1.165, 1.54) is 4.31 Å². The Morgan fingerprint density at radius 2 is 1.85 bits per heavy atom. The molecule has 0 spiro atoms. The van der Waals surface area contributed by atoms with Gasteiger partial charge in [0.05, 0.1) is 10.9 Å². The lowest BCUT2D eigenvalue weighted by molar-refractivity contribution is -0.126. The largest absolute Gasteiger partial charge is 0.349 e. The number of hydrogen-bond donors (Lipinski definition) is 2. The average molecular weight is 418 g/mol. The maximum atomic E-state index is 12.5. The first-order chi connectivity index (χ1) is 12.3. The van der Waals surface area contributed by atoms with Crippen molar-refractivity contribution in [1.29, 1.82) is 0 Å². The molecule has 1 saturated heterocycles. The second kappa shape index (κ2) is 10.4. The molecular weight excluding hydrogens is 386 g/mol. The molecular formula is C19H32ClN3O3S. The Labute approximate surface area is 169 Å². The predicted octanol–water partition coefficient (Wildman–Crippen LogP) is 2.70. The third-order valence-corrected chi connectivity index (χ3v) is 7.14. The van der Waals surface area contributed by atoms with E-state index in [1.807, 2.05) is 20.8 Å². The van der Waals surface area contributed by atoms with Gasteiger partial charge in [-0.25, -0.2) is 8.42 Å². The molecule has 0 bridgehead atoms. The Bertz CT molecular complexity index is 705. The van der Waals surface area contributed by atoms with Crippen molar-refractivity contribution < 1.29 is 13.2 Å². The second-order valence-electron chi connectivity index (χ2n) is 6.97. The number of piperidine rings is 1. The minimum Gasteiger partial charge on any atom is -0.349 e. The second-order valence-corrected chi connectivity index (χ2v) is 8.90. The number of rotatable bonds is 7. The first-order valence-electron chi connectivity index (χ1n) is 9.43. The van der Waals surface area contributed by atoms with Crippen molar-refractivity contribution in [3.63, 3.8) is 0 Å². The molecule has 1 aromatic rings. The van der Waals surface area contributed by atoms with Gasteiger partial charge in [0, 0.05) is 25.0 Å². The molecule has 1 unspecified atom stereocenters. The highest BCUT2D eigenvalue weighted by atomic mass is 35.5. The van der Waals surface area contributed by atoms with Gasteiger partial charge in [0.25, 0.3) is 0 Å². The first kappa shape index (κ1) is 23.9. The number of halogens is 1. The fourth-order valence-corrected chi connectivity index (χ4v) is 4.88. The topological polar surface area (TPSA) is 78.5 Å². The smallest absolute Gasteiger partial charge is 0.243 e. The third-order valence-electron chi connectivity index (χ3n) is 5.08. The molecule has 1 heterocycles. The van der Waals surface area contributed by atoms with Crippen LogP contribution in [0.15, 0.2) is 29.2 Å². The molecule has 3 atom stereocenters. The van der Waals surface area contributed by atoms with Crippen LogP contribution in [0, 0.1) is 5.92 Å². The van der Waals surface area contributed by atoms with E-state index in [4.69, 9.17) is 0 Å². The highest BCUT2D eigenvalue weighted by molar-refractivity contribution is 7.89. The highest BCUT2D eigenvalue weighted by Crippen LogP contribution is 2.21. The van der Waals surface area contributed by atoms with Crippen LogP contribution in [0.5, 0.6) is 0 Å². The molecule has 0 saturated carbocycles. The zero-order chi connectivity index (χ0) is 19.3. The van der Waals surface area contributed by atoms with Gasteiger partial charge in [0.1, 0.15) is 0 Å². The van der Waals surface area contributed by atoms with Gasteiger partial charge >= 0.3 is 0 Å². The third kappa shape index (κ3) is 5.91. The summed E-state index contributed by atoms with van der Waals surface area (Å²) in [5.74, 6) is 0.113. The summed E-state index contributed by atoms with van der Waals surface area (Å²) in [5.41, 5.74) is 0.902. The molecule has 1 fully saturated rings. The quantitative estimate of drug-likeness (QED) is 0.714. The van der Waals surface area contributed by atoms with E-state index in [0.717, 1.165) is 24.9 Å². The molecule has 1 aromatic carbocycles. The monoisotopic (exact) mass is 417 g/mol. The zero-order valence-corrected chi connectivity index (χ0v) is 18.2. The minimum atomic E-state index is -3.45.